The van der Waals surface area contributed by atoms with Crippen LogP contribution in [0, 0.1) is 6.92 Å². The summed E-state index contributed by atoms with van der Waals surface area (Å²) in [5.74, 6) is 0. The van der Waals surface area contributed by atoms with E-state index in [0.29, 0.717) is 12.0 Å². The number of hydrogen-bond donors (Lipinski definition) is 2. The molecular formula is C19H31BN2O9P2S. The summed E-state index contributed by atoms with van der Waals surface area (Å²) in [5, 5.41) is 9.73. The molecule has 34 heavy (non-hydrogen) atoms. The number of aromatic nitrogens is 2. The van der Waals surface area contributed by atoms with E-state index < -0.39 is 62.3 Å². The van der Waals surface area contributed by atoms with Crippen molar-refractivity contribution in [2.75, 3.05) is 32.7 Å². The quantitative estimate of drug-likeness (QED) is 0.330. The standard InChI is InChI=1S/C19H31BN2O9P2S/c1-5-32(3,34)30-12-6-16(20)28-15(12)10-27-33(4,26)31-13-7-17(29-14(13)9-23)22-8-11(2)18(24)21-19(22)25/h8,12-17,23H,5-7,9-10H2,1-4H3,(H,21,24,25). The van der Waals surface area contributed by atoms with Gasteiger partial charge in [-0.1, -0.05) is 18.7 Å². The van der Waals surface area contributed by atoms with Gasteiger partial charge in [-0.05, 0) is 26.2 Å². The van der Waals surface area contributed by atoms with Crippen molar-refractivity contribution in [2.24, 2.45) is 0 Å². The molecule has 3 rings (SSSR count). The Morgan fingerprint density at radius 2 is 1.91 bits per heavy atom. The van der Waals surface area contributed by atoms with Crippen LogP contribution >= 0.6 is 13.9 Å². The van der Waals surface area contributed by atoms with E-state index in [1.54, 1.807) is 6.92 Å². The first kappa shape index (κ1) is 28.0. The van der Waals surface area contributed by atoms with E-state index in [2.05, 4.69) is 4.98 Å². The van der Waals surface area contributed by atoms with E-state index in [-0.39, 0.29) is 19.1 Å². The van der Waals surface area contributed by atoms with Crippen LogP contribution in [0.25, 0.3) is 0 Å². The molecule has 8 unspecified atom stereocenters. The molecule has 2 aliphatic heterocycles. The minimum Gasteiger partial charge on any atom is -0.394 e. The van der Waals surface area contributed by atoms with Crippen molar-refractivity contribution in [2.45, 2.75) is 63.3 Å². The number of ether oxygens (including phenoxy) is 2. The molecule has 2 fully saturated rings. The Hall–Kier alpha value is -0.615. The van der Waals surface area contributed by atoms with Crippen LogP contribution in [-0.2, 0) is 39.4 Å². The first-order chi connectivity index (χ1) is 15.8. The monoisotopic (exact) mass is 536 g/mol. The summed E-state index contributed by atoms with van der Waals surface area (Å²) in [5.41, 5.74) is -0.825. The van der Waals surface area contributed by atoms with Crippen molar-refractivity contribution in [3.8, 4) is 0 Å². The molecule has 2 radical (unpaired) electrons. The molecule has 2 N–H and O–H groups in total. The third-order valence-electron chi connectivity index (χ3n) is 5.78. The van der Waals surface area contributed by atoms with Gasteiger partial charge in [0.15, 0.2) is 0 Å². The van der Waals surface area contributed by atoms with E-state index >= 15 is 0 Å². The molecule has 11 nitrogen and oxygen atoms in total. The van der Waals surface area contributed by atoms with E-state index in [4.69, 9.17) is 42.7 Å². The maximum absolute atomic E-state index is 13.1. The number of H-pyrrole nitrogens is 1. The number of aromatic amines is 1. The Balaban J connectivity index is 1.64. The van der Waals surface area contributed by atoms with Crippen LogP contribution in [-0.4, -0.2) is 85.6 Å². The number of aliphatic hydroxyl groups is 1. The highest BCUT2D eigenvalue weighted by Crippen LogP contribution is 2.50. The van der Waals surface area contributed by atoms with Gasteiger partial charge < -0.3 is 28.2 Å². The van der Waals surface area contributed by atoms with Gasteiger partial charge in [-0.3, -0.25) is 18.9 Å². The van der Waals surface area contributed by atoms with Crippen molar-refractivity contribution in [3.63, 3.8) is 0 Å². The normalized spacial score (nSPS) is 33.0. The van der Waals surface area contributed by atoms with Gasteiger partial charge in [0.05, 0.1) is 31.7 Å². The van der Waals surface area contributed by atoms with Gasteiger partial charge in [0.1, 0.15) is 26.3 Å². The Morgan fingerprint density at radius 3 is 2.56 bits per heavy atom. The highest BCUT2D eigenvalue weighted by molar-refractivity contribution is 8.11. The lowest BCUT2D eigenvalue weighted by atomic mass is 9.96. The minimum absolute atomic E-state index is 0.0788. The van der Waals surface area contributed by atoms with Gasteiger partial charge in [0.2, 0.25) is 0 Å². The van der Waals surface area contributed by atoms with Crippen LogP contribution < -0.4 is 11.2 Å². The lowest BCUT2D eigenvalue weighted by molar-refractivity contribution is -0.0452. The number of aliphatic hydroxyl groups excluding tert-OH is 1. The summed E-state index contributed by atoms with van der Waals surface area (Å²) in [4.78, 5) is 26.0. The summed E-state index contributed by atoms with van der Waals surface area (Å²) in [6.45, 7) is 6.23. The zero-order valence-corrected chi connectivity index (χ0v) is 22.2. The highest BCUT2D eigenvalue weighted by Gasteiger charge is 2.42. The first-order valence-corrected chi connectivity index (χ1v) is 16.3. The molecule has 0 aromatic carbocycles. The SMILES string of the molecule is [B]C1CC(OP(C)(=S)CC)C(COP(C)(=O)OC2CC(n3cc(C)c(=O)[nH]c3=O)OC2CO)O1. The van der Waals surface area contributed by atoms with Gasteiger partial charge >= 0.3 is 13.3 Å². The molecule has 0 amide bonds. The fourth-order valence-corrected chi connectivity index (χ4v) is 6.27. The van der Waals surface area contributed by atoms with Crippen LogP contribution in [0.2, 0.25) is 0 Å². The highest BCUT2D eigenvalue weighted by atomic mass is 32.4. The summed E-state index contributed by atoms with van der Waals surface area (Å²) in [6.07, 6.45) is -2.72. The number of rotatable bonds is 10. The maximum atomic E-state index is 13.1. The molecule has 0 bridgehead atoms. The van der Waals surface area contributed by atoms with Crippen LogP contribution in [0.3, 0.4) is 0 Å². The maximum Gasteiger partial charge on any atom is 0.330 e. The summed E-state index contributed by atoms with van der Waals surface area (Å²) >= 11 is 5.52. The molecular weight excluding hydrogens is 505 g/mol. The molecule has 0 spiro atoms. The predicted octanol–water partition coefficient (Wildman–Crippen LogP) is 1.06. The van der Waals surface area contributed by atoms with Crippen LogP contribution in [0.4, 0.5) is 0 Å². The number of aryl methyl sites for hydroxylation is 1. The Labute approximate surface area is 204 Å². The summed E-state index contributed by atoms with van der Waals surface area (Å²) in [6, 6.07) is -0.538. The smallest absolute Gasteiger partial charge is 0.330 e. The Morgan fingerprint density at radius 1 is 1.24 bits per heavy atom. The third kappa shape index (κ3) is 6.99. The van der Waals surface area contributed by atoms with E-state index in [1.807, 2.05) is 13.6 Å². The topological polar surface area (TPSA) is 138 Å². The Kier molecular flexibility index (Phi) is 9.21. The van der Waals surface area contributed by atoms with E-state index in [1.165, 1.54) is 17.4 Å². The number of hydrogen-bond acceptors (Lipinski definition) is 10. The molecule has 0 aliphatic carbocycles. The van der Waals surface area contributed by atoms with Gasteiger partial charge in [-0.25, -0.2) is 4.79 Å². The second-order valence-corrected chi connectivity index (χ2v) is 15.9. The van der Waals surface area contributed by atoms with Gasteiger partial charge in [0.25, 0.3) is 5.56 Å². The number of nitrogens with one attached hydrogen (secondary N) is 1. The average Bonchev–Trinajstić information content (AvgIpc) is 3.30. The van der Waals surface area contributed by atoms with Crippen molar-refractivity contribution >= 4 is 33.5 Å². The van der Waals surface area contributed by atoms with Gasteiger partial charge in [-0.15, -0.1) is 0 Å². The Bertz CT molecular complexity index is 1080. The van der Waals surface area contributed by atoms with Crippen molar-refractivity contribution in [1.29, 1.82) is 0 Å². The summed E-state index contributed by atoms with van der Waals surface area (Å²) < 4.78 is 43.1. The van der Waals surface area contributed by atoms with Gasteiger partial charge in [0, 0.05) is 30.8 Å². The molecule has 15 heteroatoms. The van der Waals surface area contributed by atoms with E-state index in [0.717, 1.165) is 6.16 Å². The van der Waals surface area contributed by atoms with E-state index in [9.17, 15) is 19.3 Å². The second-order valence-electron chi connectivity index (χ2n) is 8.66. The van der Waals surface area contributed by atoms with Crippen LogP contribution in [0.1, 0.15) is 31.6 Å². The molecule has 0 saturated carbocycles. The molecule has 1 aromatic heterocycles. The number of nitrogens with zero attached hydrogens (tertiary/aromatic N) is 1. The molecule has 2 aliphatic rings. The van der Waals surface area contributed by atoms with Crippen LogP contribution in [0.15, 0.2) is 15.8 Å². The fourth-order valence-electron chi connectivity index (χ4n) is 3.80. The molecule has 2 saturated heterocycles. The molecule has 1 aromatic rings. The molecule has 3 heterocycles. The predicted molar refractivity (Wildman–Crippen MR) is 131 cm³/mol. The lowest BCUT2D eigenvalue weighted by Gasteiger charge is -2.26. The first-order valence-electron chi connectivity index (χ1n) is 11.0. The van der Waals surface area contributed by atoms with Gasteiger partial charge in [-0.2, -0.15) is 0 Å². The second kappa shape index (κ2) is 11.2. The zero-order chi connectivity index (χ0) is 25.3. The zero-order valence-electron chi connectivity index (χ0n) is 19.6. The van der Waals surface area contributed by atoms with Crippen molar-refractivity contribution < 1.29 is 32.7 Å². The molecule has 8 atom stereocenters. The average molecular weight is 536 g/mol. The van der Waals surface area contributed by atoms with Crippen molar-refractivity contribution in [1.82, 2.24) is 9.55 Å². The third-order valence-corrected chi connectivity index (χ3v) is 9.95. The largest absolute Gasteiger partial charge is 0.394 e. The van der Waals surface area contributed by atoms with Crippen molar-refractivity contribution in [3.05, 3.63) is 32.6 Å². The lowest BCUT2D eigenvalue weighted by Crippen LogP contribution is -2.33. The summed E-state index contributed by atoms with van der Waals surface area (Å²) in [7, 11) is 2.29. The fraction of sp³-hybridized carbons (Fsp3) is 0.789. The van der Waals surface area contributed by atoms with Crippen LogP contribution in [0.5, 0.6) is 0 Å². The minimum atomic E-state index is -3.63. The molecule has 190 valence electrons.